The van der Waals surface area contributed by atoms with Crippen LogP contribution in [-0.4, -0.2) is 65.3 Å². The minimum atomic E-state index is -1.14. The van der Waals surface area contributed by atoms with Crippen LogP contribution in [0, 0.1) is 11.8 Å². The summed E-state index contributed by atoms with van der Waals surface area (Å²) in [6.45, 7) is 6.39. The fourth-order valence-corrected chi connectivity index (χ4v) is 2.69. The number of aliphatic hydroxyl groups is 3. The summed E-state index contributed by atoms with van der Waals surface area (Å²) in [6.07, 6.45) is -4.19. The highest BCUT2D eigenvalue weighted by atomic mass is 16.7. The van der Waals surface area contributed by atoms with Crippen LogP contribution in [-0.2, 0) is 14.2 Å². The van der Waals surface area contributed by atoms with Crippen LogP contribution < -0.4 is 0 Å². The van der Waals surface area contributed by atoms with Gasteiger partial charge in [-0.3, -0.25) is 0 Å². The smallest absolute Gasteiger partial charge is 0.187 e. The SMILES string of the molecule is CC(C)C1OC[C@H](C)C1OC1OC(CO)C(O)C1O. The second-order valence-electron chi connectivity index (χ2n) is 5.83. The number of ether oxygens (including phenoxy) is 3. The highest BCUT2D eigenvalue weighted by Gasteiger charge is 2.47. The van der Waals surface area contributed by atoms with E-state index < -0.39 is 24.6 Å². The van der Waals surface area contributed by atoms with E-state index >= 15 is 0 Å². The molecule has 6 nitrogen and oxygen atoms in total. The predicted octanol–water partition coefficient (Wildman–Crippen LogP) is -0.498. The molecule has 2 aliphatic rings. The first-order valence-corrected chi connectivity index (χ1v) is 6.85. The largest absolute Gasteiger partial charge is 0.394 e. The van der Waals surface area contributed by atoms with Gasteiger partial charge in [-0.15, -0.1) is 0 Å². The van der Waals surface area contributed by atoms with Gasteiger partial charge in [-0.25, -0.2) is 0 Å². The van der Waals surface area contributed by atoms with E-state index in [0.29, 0.717) is 12.5 Å². The highest BCUT2D eigenvalue weighted by Crippen LogP contribution is 2.32. The summed E-state index contributed by atoms with van der Waals surface area (Å²) in [5.41, 5.74) is 0. The van der Waals surface area contributed by atoms with Crippen LogP contribution in [0.15, 0.2) is 0 Å². The van der Waals surface area contributed by atoms with Crippen LogP contribution >= 0.6 is 0 Å². The summed E-state index contributed by atoms with van der Waals surface area (Å²) in [5.74, 6) is 0.501. The second-order valence-corrected chi connectivity index (χ2v) is 5.83. The predicted molar refractivity (Wildman–Crippen MR) is 66.4 cm³/mol. The fraction of sp³-hybridized carbons (Fsp3) is 1.00. The molecule has 6 heteroatoms. The Hall–Kier alpha value is -0.240. The zero-order valence-corrected chi connectivity index (χ0v) is 11.6. The Morgan fingerprint density at radius 1 is 1.26 bits per heavy atom. The van der Waals surface area contributed by atoms with Crippen molar-refractivity contribution in [2.75, 3.05) is 13.2 Å². The third kappa shape index (κ3) is 2.94. The van der Waals surface area contributed by atoms with Crippen molar-refractivity contribution in [3.8, 4) is 0 Å². The van der Waals surface area contributed by atoms with Crippen LogP contribution in [0.4, 0.5) is 0 Å². The van der Waals surface area contributed by atoms with Crippen molar-refractivity contribution in [1.82, 2.24) is 0 Å². The van der Waals surface area contributed by atoms with Gasteiger partial charge in [0, 0.05) is 5.92 Å². The molecule has 0 aromatic rings. The number of hydrogen-bond acceptors (Lipinski definition) is 6. The summed E-state index contributed by atoms with van der Waals surface area (Å²) < 4.78 is 16.8. The molecule has 2 saturated heterocycles. The van der Waals surface area contributed by atoms with Gasteiger partial charge < -0.3 is 29.5 Å². The minimum Gasteiger partial charge on any atom is -0.394 e. The molecule has 0 aromatic heterocycles. The van der Waals surface area contributed by atoms with Gasteiger partial charge >= 0.3 is 0 Å². The molecule has 2 rings (SSSR count). The van der Waals surface area contributed by atoms with Gasteiger partial charge in [0.05, 0.1) is 25.4 Å². The first kappa shape index (κ1) is 15.2. The molecule has 0 saturated carbocycles. The summed E-state index contributed by atoms with van der Waals surface area (Å²) in [7, 11) is 0. The van der Waals surface area contributed by atoms with Crippen molar-refractivity contribution in [2.45, 2.75) is 57.6 Å². The molecular weight excluding hydrogens is 252 g/mol. The van der Waals surface area contributed by atoms with Crippen LogP contribution in [0.3, 0.4) is 0 Å². The molecule has 0 spiro atoms. The van der Waals surface area contributed by atoms with E-state index in [2.05, 4.69) is 13.8 Å². The zero-order valence-electron chi connectivity index (χ0n) is 11.6. The van der Waals surface area contributed by atoms with E-state index in [4.69, 9.17) is 19.3 Å². The molecule has 19 heavy (non-hydrogen) atoms. The Balaban J connectivity index is 2.00. The maximum atomic E-state index is 9.88. The Morgan fingerprint density at radius 3 is 2.47 bits per heavy atom. The molecule has 0 aliphatic carbocycles. The third-order valence-electron chi connectivity index (χ3n) is 3.88. The van der Waals surface area contributed by atoms with Crippen LogP contribution in [0.1, 0.15) is 20.8 Å². The Labute approximate surface area is 113 Å². The molecule has 7 atom stereocenters. The minimum absolute atomic E-state index is 0.0453. The number of aliphatic hydroxyl groups excluding tert-OH is 3. The lowest BCUT2D eigenvalue weighted by Crippen LogP contribution is -2.41. The Morgan fingerprint density at radius 2 is 1.95 bits per heavy atom. The van der Waals surface area contributed by atoms with E-state index in [1.54, 1.807) is 0 Å². The summed E-state index contributed by atoms with van der Waals surface area (Å²) in [4.78, 5) is 0. The van der Waals surface area contributed by atoms with E-state index in [0.717, 1.165) is 0 Å². The van der Waals surface area contributed by atoms with Gasteiger partial charge in [0.2, 0.25) is 0 Å². The fourth-order valence-electron chi connectivity index (χ4n) is 2.69. The molecular formula is C13H24O6. The van der Waals surface area contributed by atoms with Gasteiger partial charge in [0.1, 0.15) is 18.3 Å². The van der Waals surface area contributed by atoms with Gasteiger partial charge in [0.25, 0.3) is 0 Å². The van der Waals surface area contributed by atoms with Crippen molar-refractivity contribution in [3.05, 3.63) is 0 Å². The van der Waals surface area contributed by atoms with Gasteiger partial charge in [-0.1, -0.05) is 20.8 Å². The van der Waals surface area contributed by atoms with Crippen LogP contribution in [0.2, 0.25) is 0 Å². The average Bonchev–Trinajstić information content (AvgIpc) is 2.85. The highest BCUT2D eigenvalue weighted by molar-refractivity contribution is 4.90. The molecule has 6 unspecified atom stereocenters. The maximum absolute atomic E-state index is 9.88. The maximum Gasteiger partial charge on any atom is 0.187 e. The molecule has 112 valence electrons. The first-order valence-electron chi connectivity index (χ1n) is 6.85. The molecule has 2 heterocycles. The zero-order chi connectivity index (χ0) is 14.2. The molecule has 2 aliphatic heterocycles. The topological polar surface area (TPSA) is 88.4 Å². The lowest BCUT2D eigenvalue weighted by Gasteiger charge is -2.28. The standard InChI is InChI=1S/C13H24O6/c1-6(2)11-12(7(3)5-17-11)19-13-10(16)9(15)8(4-14)18-13/h6-16H,4-5H2,1-3H3/t7-,8?,9?,10?,11?,12?,13?/m0/s1. The molecule has 0 radical (unpaired) electrons. The van der Waals surface area contributed by atoms with Gasteiger partial charge in [-0.05, 0) is 5.92 Å². The Bertz CT molecular complexity index is 297. The molecule has 0 amide bonds. The molecule has 0 aromatic carbocycles. The van der Waals surface area contributed by atoms with Crippen molar-refractivity contribution in [1.29, 1.82) is 0 Å². The van der Waals surface area contributed by atoms with Crippen LogP contribution in [0.25, 0.3) is 0 Å². The molecule has 2 fully saturated rings. The average molecular weight is 276 g/mol. The summed E-state index contributed by atoms with van der Waals surface area (Å²) in [6, 6.07) is 0. The van der Waals surface area contributed by atoms with Crippen molar-refractivity contribution < 1.29 is 29.5 Å². The number of rotatable bonds is 4. The monoisotopic (exact) mass is 276 g/mol. The van der Waals surface area contributed by atoms with E-state index in [1.807, 2.05) is 6.92 Å². The van der Waals surface area contributed by atoms with Crippen molar-refractivity contribution in [2.24, 2.45) is 11.8 Å². The molecule has 0 bridgehead atoms. The lowest BCUT2D eigenvalue weighted by molar-refractivity contribution is -0.209. The van der Waals surface area contributed by atoms with Gasteiger partial charge in [0.15, 0.2) is 6.29 Å². The number of hydrogen-bond donors (Lipinski definition) is 3. The second kappa shape index (κ2) is 6.03. The normalized spacial score (nSPS) is 47.2. The van der Waals surface area contributed by atoms with Crippen molar-refractivity contribution >= 4 is 0 Å². The summed E-state index contributed by atoms with van der Waals surface area (Å²) >= 11 is 0. The Kier molecular flexibility index (Phi) is 4.81. The lowest BCUT2D eigenvalue weighted by atomic mass is 9.96. The molecule has 3 N–H and O–H groups in total. The van der Waals surface area contributed by atoms with E-state index in [1.165, 1.54) is 0 Å². The quantitative estimate of drug-likeness (QED) is 0.641. The summed E-state index contributed by atoms with van der Waals surface area (Å²) in [5, 5.41) is 28.6. The van der Waals surface area contributed by atoms with Crippen LogP contribution in [0.5, 0.6) is 0 Å². The van der Waals surface area contributed by atoms with Gasteiger partial charge in [-0.2, -0.15) is 0 Å². The first-order chi connectivity index (χ1) is 8.95. The van der Waals surface area contributed by atoms with Crippen molar-refractivity contribution in [3.63, 3.8) is 0 Å². The third-order valence-corrected chi connectivity index (χ3v) is 3.88. The van der Waals surface area contributed by atoms with E-state index in [-0.39, 0.29) is 24.7 Å². The van der Waals surface area contributed by atoms with E-state index in [9.17, 15) is 10.2 Å².